The molecule has 0 amide bonds. The predicted octanol–water partition coefficient (Wildman–Crippen LogP) is 4.46. The molecular formula is C19H26N+. The molecule has 0 aliphatic carbocycles. The highest BCUT2D eigenvalue weighted by atomic mass is 15.3. The summed E-state index contributed by atoms with van der Waals surface area (Å²) in [6.07, 6.45) is 1.10. The lowest BCUT2D eigenvalue weighted by Crippen LogP contribution is -2.47. The Morgan fingerprint density at radius 1 is 0.800 bits per heavy atom. The lowest BCUT2D eigenvalue weighted by molar-refractivity contribution is -0.936. The van der Waals surface area contributed by atoms with Crippen molar-refractivity contribution in [1.82, 2.24) is 0 Å². The van der Waals surface area contributed by atoms with Crippen LogP contribution in [0.25, 0.3) is 0 Å². The molecule has 2 aromatic rings. The van der Waals surface area contributed by atoms with E-state index in [1.165, 1.54) is 11.1 Å². The van der Waals surface area contributed by atoms with Gasteiger partial charge in [-0.15, -0.1) is 0 Å². The first-order chi connectivity index (χ1) is 9.69. The van der Waals surface area contributed by atoms with E-state index in [9.17, 15) is 0 Å². The fraction of sp³-hybridized carbons (Fsp3) is 0.368. The van der Waals surface area contributed by atoms with Gasteiger partial charge in [-0.3, -0.25) is 0 Å². The topological polar surface area (TPSA) is 0 Å². The monoisotopic (exact) mass is 268 g/mol. The van der Waals surface area contributed by atoms with E-state index in [2.05, 4.69) is 81.6 Å². The van der Waals surface area contributed by atoms with Crippen LogP contribution in [0, 0.1) is 0 Å². The fourth-order valence-corrected chi connectivity index (χ4v) is 2.88. The molecule has 0 fully saturated rings. The first kappa shape index (κ1) is 14.8. The normalized spacial score (nSPS) is 13.2. The third-order valence-electron chi connectivity index (χ3n) is 4.65. The SMILES string of the molecule is CC[N+](C)(CC)[C@@H](Cc1ccccc1)c1ccccc1. The van der Waals surface area contributed by atoms with Gasteiger partial charge in [-0.1, -0.05) is 60.7 Å². The van der Waals surface area contributed by atoms with Gasteiger partial charge in [-0.25, -0.2) is 0 Å². The van der Waals surface area contributed by atoms with Crippen LogP contribution in [0.4, 0.5) is 0 Å². The number of hydrogen-bond donors (Lipinski definition) is 0. The summed E-state index contributed by atoms with van der Waals surface area (Å²) in [5, 5.41) is 0. The van der Waals surface area contributed by atoms with E-state index in [-0.39, 0.29) is 0 Å². The molecule has 2 aromatic carbocycles. The summed E-state index contributed by atoms with van der Waals surface area (Å²) in [5.41, 5.74) is 2.87. The maximum atomic E-state index is 2.38. The molecular weight excluding hydrogens is 242 g/mol. The Labute approximate surface area is 123 Å². The van der Waals surface area contributed by atoms with Crippen molar-refractivity contribution in [2.24, 2.45) is 0 Å². The summed E-state index contributed by atoms with van der Waals surface area (Å²) in [5.74, 6) is 0. The van der Waals surface area contributed by atoms with Crippen LogP contribution in [0.2, 0.25) is 0 Å². The number of benzene rings is 2. The van der Waals surface area contributed by atoms with Crippen LogP contribution in [-0.4, -0.2) is 24.6 Å². The van der Waals surface area contributed by atoms with E-state index < -0.39 is 0 Å². The molecule has 0 bridgehead atoms. The molecule has 0 radical (unpaired) electrons. The smallest absolute Gasteiger partial charge is 0.118 e. The summed E-state index contributed by atoms with van der Waals surface area (Å²) in [6, 6.07) is 22.3. The van der Waals surface area contributed by atoms with Crippen molar-refractivity contribution < 1.29 is 4.48 Å². The summed E-state index contributed by atoms with van der Waals surface area (Å²) in [7, 11) is 2.38. The Morgan fingerprint density at radius 2 is 1.30 bits per heavy atom. The molecule has 0 N–H and O–H groups in total. The molecule has 2 rings (SSSR count). The van der Waals surface area contributed by atoms with Crippen molar-refractivity contribution in [2.75, 3.05) is 20.1 Å². The molecule has 0 aliphatic rings. The van der Waals surface area contributed by atoms with Gasteiger partial charge in [0.2, 0.25) is 0 Å². The largest absolute Gasteiger partial charge is 0.320 e. The fourth-order valence-electron chi connectivity index (χ4n) is 2.88. The summed E-state index contributed by atoms with van der Waals surface area (Å²) in [4.78, 5) is 0. The number of hydrogen-bond acceptors (Lipinski definition) is 0. The Kier molecular flexibility index (Phi) is 4.97. The van der Waals surface area contributed by atoms with Crippen LogP contribution in [0.1, 0.15) is 31.0 Å². The maximum Gasteiger partial charge on any atom is 0.118 e. The van der Waals surface area contributed by atoms with Gasteiger partial charge in [0.05, 0.1) is 20.1 Å². The minimum Gasteiger partial charge on any atom is -0.320 e. The van der Waals surface area contributed by atoms with E-state index in [0.717, 1.165) is 24.0 Å². The molecule has 0 aliphatic heterocycles. The molecule has 106 valence electrons. The average Bonchev–Trinajstić information content (AvgIpc) is 2.54. The molecule has 0 heterocycles. The van der Waals surface area contributed by atoms with Crippen molar-refractivity contribution in [2.45, 2.75) is 26.3 Å². The van der Waals surface area contributed by atoms with Crippen LogP contribution in [-0.2, 0) is 6.42 Å². The predicted molar refractivity (Wildman–Crippen MR) is 86.6 cm³/mol. The van der Waals surface area contributed by atoms with Crippen molar-refractivity contribution in [1.29, 1.82) is 0 Å². The van der Waals surface area contributed by atoms with Gasteiger partial charge < -0.3 is 4.48 Å². The zero-order chi connectivity index (χ0) is 14.4. The lowest BCUT2D eigenvalue weighted by atomic mass is 9.95. The summed E-state index contributed by atoms with van der Waals surface area (Å²) < 4.78 is 1.08. The Balaban J connectivity index is 2.34. The van der Waals surface area contributed by atoms with E-state index in [1.807, 2.05) is 0 Å². The molecule has 1 atom stereocenters. The van der Waals surface area contributed by atoms with Crippen molar-refractivity contribution in [3.8, 4) is 0 Å². The second-order valence-electron chi connectivity index (χ2n) is 5.73. The molecule has 1 nitrogen and oxygen atoms in total. The van der Waals surface area contributed by atoms with Crippen LogP contribution < -0.4 is 0 Å². The Morgan fingerprint density at radius 3 is 1.80 bits per heavy atom. The maximum absolute atomic E-state index is 2.38. The average molecular weight is 268 g/mol. The highest BCUT2D eigenvalue weighted by molar-refractivity contribution is 5.22. The van der Waals surface area contributed by atoms with Gasteiger partial charge in [0, 0.05) is 12.0 Å². The minimum absolute atomic E-state index is 0.522. The quantitative estimate of drug-likeness (QED) is 0.679. The van der Waals surface area contributed by atoms with Crippen molar-refractivity contribution >= 4 is 0 Å². The third-order valence-corrected chi connectivity index (χ3v) is 4.65. The van der Waals surface area contributed by atoms with Gasteiger partial charge in [-0.2, -0.15) is 0 Å². The van der Waals surface area contributed by atoms with Crippen LogP contribution in [0.3, 0.4) is 0 Å². The minimum atomic E-state index is 0.522. The number of likely N-dealkylation sites (N-methyl/N-ethyl adjacent to an activating group) is 1. The third kappa shape index (κ3) is 3.29. The van der Waals surface area contributed by atoms with Gasteiger partial charge in [0.1, 0.15) is 6.04 Å². The lowest BCUT2D eigenvalue weighted by Gasteiger charge is -2.40. The van der Waals surface area contributed by atoms with Crippen molar-refractivity contribution in [3.63, 3.8) is 0 Å². The summed E-state index contributed by atoms with van der Waals surface area (Å²) >= 11 is 0. The molecule has 0 unspecified atom stereocenters. The standard InChI is InChI=1S/C19H26N/c1-4-20(3,5-2)19(18-14-10-7-11-15-18)16-17-12-8-6-9-13-17/h6-15,19H,4-5,16H2,1-3H3/q+1/t19-/m0/s1. The number of nitrogens with zero attached hydrogens (tertiary/aromatic N) is 1. The van der Waals surface area contributed by atoms with Crippen LogP contribution in [0.5, 0.6) is 0 Å². The first-order valence-electron chi connectivity index (χ1n) is 7.62. The van der Waals surface area contributed by atoms with E-state index in [0.29, 0.717) is 6.04 Å². The van der Waals surface area contributed by atoms with Gasteiger partial charge in [0.15, 0.2) is 0 Å². The Bertz CT molecular complexity index is 500. The van der Waals surface area contributed by atoms with Crippen LogP contribution >= 0.6 is 0 Å². The second-order valence-corrected chi connectivity index (χ2v) is 5.73. The molecule has 0 aromatic heterocycles. The van der Waals surface area contributed by atoms with E-state index >= 15 is 0 Å². The Hall–Kier alpha value is -1.60. The molecule has 20 heavy (non-hydrogen) atoms. The van der Waals surface area contributed by atoms with E-state index in [1.54, 1.807) is 0 Å². The second kappa shape index (κ2) is 6.71. The molecule has 0 saturated heterocycles. The molecule has 1 heteroatoms. The van der Waals surface area contributed by atoms with E-state index in [4.69, 9.17) is 0 Å². The zero-order valence-electron chi connectivity index (χ0n) is 12.9. The summed E-state index contributed by atoms with van der Waals surface area (Å²) in [6.45, 7) is 6.90. The number of quaternary nitrogens is 1. The first-order valence-corrected chi connectivity index (χ1v) is 7.62. The number of rotatable bonds is 6. The highest BCUT2D eigenvalue weighted by Crippen LogP contribution is 2.30. The molecule has 0 spiro atoms. The molecule has 0 saturated carbocycles. The van der Waals surface area contributed by atoms with Gasteiger partial charge in [0.25, 0.3) is 0 Å². The highest BCUT2D eigenvalue weighted by Gasteiger charge is 2.30. The zero-order valence-corrected chi connectivity index (χ0v) is 12.9. The van der Waals surface area contributed by atoms with Crippen molar-refractivity contribution in [3.05, 3.63) is 71.8 Å². The van der Waals surface area contributed by atoms with Crippen LogP contribution in [0.15, 0.2) is 60.7 Å². The van der Waals surface area contributed by atoms with Gasteiger partial charge >= 0.3 is 0 Å². The van der Waals surface area contributed by atoms with Gasteiger partial charge in [-0.05, 0) is 19.4 Å².